The molecular formula is C32H33F2N3O2. The smallest absolute Gasteiger partial charge is 0.169 e. The van der Waals surface area contributed by atoms with Crippen molar-refractivity contribution in [1.29, 1.82) is 0 Å². The topological polar surface area (TPSA) is 55.5 Å². The quantitative estimate of drug-likeness (QED) is 0.333. The Kier molecular flexibility index (Phi) is 8.45. The van der Waals surface area contributed by atoms with Crippen molar-refractivity contribution in [3.8, 4) is 5.75 Å². The molecule has 202 valence electrons. The van der Waals surface area contributed by atoms with Gasteiger partial charge in [0.05, 0.1) is 23.6 Å². The molecule has 0 fully saturated rings. The highest BCUT2D eigenvalue weighted by atomic mass is 19.2. The number of fused-ring (bicyclic) bond motifs is 1. The summed E-state index contributed by atoms with van der Waals surface area (Å²) in [6.45, 7) is 6.19. The Labute approximate surface area is 228 Å². The molecule has 1 unspecified atom stereocenters. The van der Waals surface area contributed by atoms with Crippen molar-refractivity contribution in [2.45, 2.75) is 46.0 Å². The first-order valence-electron chi connectivity index (χ1n) is 13.6. The van der Waals surface area contributed by atoms with E-state index >= 15 is 0 Å². The lowest BCUT2D eigenvalue weighted by molar-refractivity contribution is 0.211. The third-order valence-corrected chi connectivity index (χ3v) is 7.06. The van der Waals surface area contributed by atoms with Crippen LogP contribution in [0.4, 0.5) is 8.78 Å². The number of ether oxygens (including phenoxy) is 2. The second kappa shape index (κ2) is 12.3. The molecule has 3 aliphatic rings. The molecule has 0 aromatic heterocycles. The summed E-state index contributed by atoms with van der Waals surface area (Å²) in [5, 5.41) is 0. The molecule has 0 amide bonds. The van der Waals surface area contributed by atoms with Crippen LogP contribution in [0.3, 0.4) is 0 Å². The maximum atomic E-state index is 14.3. The molecule has 0 aliphatic carbocycles. The molecule has 5 rings (SSSR count). The van der Waals surface area contributed by atoms with Crippen LogP contribution in [0.1, 0.15) is 57.1 Å². The molecule has 39 heavy (non-hydrogen) atoms. The van der Waals surface area contributed by atoms with Gasteiger partial charge >= 0.3 is 0 Å². The highest BCUT2D eigenvalue weighted by Gasteiger charge is 2.22. The van der Waals surface area contributed by atoms with E-state index in [1.807, 2.05) is 18.2 Å². The number of amidine groups is 1. The van der Waals surface area contributed by atoms with Crippen molar-refractivity contribution in [2.24, 2.45) is 20.9 Å². The molecule has 0 saturated carbocycles. The van der Waals surface area contributed by atoms with Crippen LogP contribution in [0.2, 0.25) is 0 Å². The van der Waals surface area contributed by atoms with Crippen molar-refractivity contribution in [3.05, 3.63) is 94.4 Å². The summed E-state index contributed by atoms with van der Waals surface area (Å²) in [5.41, 5.74) is 4.82. The first-order valence-corrected chi connectivity index (χ1v) is 13.6. The summed E-state index contributed by atoms with van der Waals surface area (Å²) in [6, 6.07) is 12.3. The normalized spacial score (nSPS) is 19.1. The van der Waals surface area contributed by atoms with Crippen LogP contribution in [-0.2, 0) is 4.74 Å². The molecule has 2 aromatic carbocycles. The minimum atomic E-state index is -0.939. The molecule has 7 heteroatoms. The van der Waals surface area contributed by atoms with Gasteiger partial charge < -0.3 is 9.47 Å². The Morgan fingerprint density at radius 1 is 1.08 bits per heavy atom. The average molecular weight is 530 g/mol. The Morgan fingerprint density at radius 3 is 2.74 bits per heavy atom. The van der Waals surface area contributed by atoms with Crippen LogP contribution in [-0.4, -0.2) is 37.5 Å². The van der Waals surface area contributed by atoms with Gasteiger partial charge in [0, 0.05) is 19.2 Å². The molecule has 2 aromatic rings. The van der Waals surface area contributed by atoms with E-state index in [0.29, 0.717) is 30.5 Å². The number of unbranched alkanes of at least 4 members (excludes halogenated alkanes) is 1. The number of rotatable bonds is 8. The van der Waals surface area contributed by atoms with Crippen molar-refractivity contribution in [2.75, 3.05) is 19.8 Å². The molecule has 0 bridgehead atoms. The number of nitrogens with zero attached hydrogens (tertiary/aromatic N) is 3. The third kappa shape index (κ3) is 6.41. The van der Waals surface area contributed by atoms with E-state index in [0.717, 1.165) is 61.8 Å². The minimum absolute atomic E-state index is 0.0541. The number of benzene rings is 2. The molecule has 0 spiro atoms. The lowest BCUT2D eigenvalue weighted by Gasteiger charge is -2.23. The number of hydrogen-bond acceptors (Lipinski definition) is 5. The number of aliphatic imine (C=N–C) groups is 3. The fourth-order valence-electron chi connectivity index (χ4n) is 4.81. The molecule has 5 nitrogen and oxygen atoms in total. The summed E-state index contributed by atoms with van der Waals surface area (Å²) >= 11 is 0. The predicted octanol–water partition coefficient (Wildman–Crippen LogP) is 7.49. The maximum Gasteiger partial charge on any atom is 0.169 e. The summed E-state index contributed by atoms with van der Waals surface area (Å²) < 4.78 is 39.9. The molecule has 3 heterocycles. The highest BCUT2D eigenvalue weighted by molar-refractivity contribution is 6.42. The van der Waals surface area contributed by atoms with Gasteiger partial charge in [-0.2, -0.15) is 0 Å². The monoisotopic (exact) mass is 529 g/mol. The summed E-state index contributed by atoms with van der Waals surface area (Å²) in [5.74, 6) is 0.472. The zero-order valence-electron chi connectivity index (χ0n) is 22.4. The van der Waals surface area contributed by atoms with Gasteiger partial charge in [0.25, 0.3) is 0 Å². The zero-order valence-corrected chi connectivity index (χ0v) is 22.4. The van der Waals surface area contributed by atoms with Crippen LogP contribution < -0.4 is 4.74 Å². The molecule has 1 atom stereocenters. The Bertz CT molecular complexity index is 1400. The number of hydrogen-bond donors (Lipinski definition) is 0. The van der Waals surface area contributed by atoms with Crippen LogP contribution in [0, 0.1) is 17.6 Å². The first kappa shape index (κ1) is 26.7. The Balaban J connectivity index is 1.25. The summed E-state index contributed by atoms with van der Waals surface area (Å²) in [4.78, 5) is 13.5. The van der Waals surface area contributed by atoms with E-state index in [4.69, 9.17) is 9.47 Å². The molecule has 0 radical (unpaired) electrons. The van der Waals surface area contributed by atoms with E-state index in [1.54, 1.807) is 6.21 Å². The second-order valence-corrected chi connectivity index (χ2v) is 10.1. The van der Waals surface area contributed by atoms with Gasteiger partial charge in [-0.25, -0.2) is 18.8 Å². The van der Waals surface area contributed by atoms with Gasteiger partial charge in [-0.15, -0.1) is 0 Å². The minimum Gasteiger partial charge on any atom is -0.494 e. The molecule has 3 aliphatic heterocycles. The van der Waals surface area contributed by atoms with Gasteiger partial charge in [-0.3, -0.25) is 4.99 Å². The van der Waals surface area contributed by atoms with E-state index in [9.17, 15) is 8.78 Å². The van der Waals surface area contributed by atoms with Crippen molar-refractivity contribution in [1.82, 2.24) is 0 Å². The second-order valence-electron chi connectivity index (χ2n) is 10.1. The Hall–Kier alpha value is -3.87. The molecular weight excluding hydrogens is 496 g/mol. The van der Waals surface area contributed by atoms with E-state index in [2.05, 4.69) is 47.0 Å². The van der Waals surface area contributed by atoms with Gasteiger partial charge in [-0.05, 0) is 79.2 Å². The predicted molar refractivity (Wildman–Crippen MR) is 153 cm³/mol. The highest BCUT2D eigenvalue weighted by Crippen LogP contribution is 2.32. The van der Waals surface area contributed by atoms with Gasteiger partial charge in [0.15, 0.2) is 17.5 Å². The third-order valence-electron chi connectivity index (χ3n) is 7.06. The Morgan fingerprint density at radius 2 is 1.92 bits per heavy atom. The van der Waals surface area contributed by atoms with Crippen LogP contribution in [0.25, 0.3) is 5.57 Å². The molecule has 0 saturated heterocycles. The first-order chi connectivity index (χ1) is 19.0. The van der Waals surface area contributed by atoms with E-state index in [-0.39, 0.29) is 11.4 Å². The average Bonchev–Trinajstić information content (AvgIpc) is 3.36. The van der Waals surface area contributed by atoms with Crippen molar-refractivity contribution >= 4 is 23.3 Å². The standard InChI is InChI=1S/C32H33F2N3O2/c1-3-4-15-38-24-13-11-23(12-14-24)27-17-25(39-20-21(27)2)16-22-7-5-10-29-30(19-35-18-22)37-32(36-29)26-8-6-9-28(33)31(26)34/h6,8-14,17,19,22H,3-5,7,15-16,18,20H2,1-2H3. The zero-order chi connectivity index (χ0) is 27.2. The van der Waals surface area contributed by atoms with Crippen LogP contribution in [0.5, 0.6) is 5.75 Å². The van der Waals surface area contributed by atoms with Gasteiger partial charge in [0.2, 0.25) is 0 Å². The van der Waals surface area contributed by atoms with Gasteiger partial charge in [-0.1, -0.05) is 37.6 Å². The maximum absolute atomic E-state index is 14.3. The molecule has 0 N–H and O–H groups in total. The summed E-state index contributed by atoms with van der Waals surface area (Å²) in [6.07, 6.45) is 10.5. The van der Waals surface area contributed by atoms with E-state index in [1.165, 1.54) is 23.3 Å². The van der Waals surface area contributed by atoms with Crippen molar-refractivity contribution < 1.29 is 18.3 Å². The van der Waals surface area contributed by atoms with E-state index < -0.39 is 11.6 Å². The fourth-order valence-corrected chi connectivity index (χ4v) is 4.81. The van der Waals surface area contributed by atoms with Crippen LogP contribution in [0.15, 0.2) is 86.6 Å². The van der Waals surface area contributed by atoms with Crippen molar-refractivity contribution in [3.63, 3.8) is 0 Å². The lowest BCUT2D eigenvalue weighted by atomic mass is 9.93. The summed E-state index contributed by atoms with van der Waals surface area (Å²) in [7, 11) is 0. The number of allylic oxidation sites excluding steroid dienone is 5. The number of halogens is 2. The lowest BCUT2D eigenvalue weighted by Crippen LogP contribution is -2.12. The fraction of sp³-hybridized carbons (Fsp3) is 0.344. The largest absolute Gasteiger partial charge is 0.494 e. The van der Waals surface area contributed by atoms with Crippen LogP contribution >= 0.6 is 0 Å². The SMILES string of the molecule is CCCCOc1ccc(C2=C(C)COC(CC3CCC=C4N=C(c5cccc(F)c5F)N=C4C=NC3)=C2)cc1. The van der Waals surface area contributed by atoms with Gasteiger partial charge in [0.1, 0.15) is 18.1 Å².